The number of nitrogens with zero attached hydrogens (tertiary/aromatic N) is 3. The first-order valence-corrected chi connectivity index (χ1v) is 13.2. The van der Waals surface area contributed by atoms with Crippen LogP contribution in [0, 0.1) is 6.92 Å². The van der Waals surface area contributed by atoms with Crippen LogP contribution < -0.4 is 5.32 Å². The first-order chi connectivity index (χ1) is 17.4. The Bertz CT molecular complexity index is 1470. The second-order valence-corrected chi connectivity index (χ2v) is 10.4. The number of fused-ring (bicyclic) bond motifs is 2. The van der Waals surface area contributed by atoms with Crippen LogP contribution in [0.2, 0.25) is 0 Å². The number of hydrogen-bond acceptors (Lipinski definition) is 6. The Morgan fingerprint density at radius 1 is 1.22 bits per heavy atom. The van der Waals surface area contributed by atoms with Gasteiger partial charge in [0.2, 0.25) is 0 Å². The van der Waals surface area contributed by atoms with E-state index in [1.807, 2.05) is 58.2 Å². The highest BCUT2D eigenvalue weighted by molar-refractivity contribution is 7.17. The number of pyridine rings is 1. The van der Waals surface area contributed by atoms with Gasteiger partial charge in [0.15, 0.2) is 0 Å². The number of carbonyl (C=O) groups is 2. The summed E-state index contributed by atoms with van der Waals surface area (Å²) in [5.74, 6) is -0.627. The highest BCUT2D eigenvalue weighted by atomic mass is 32.1. The first-order valence-electron chi connectivity index (χ1n) is 12.4. The van der Waals surface area contributed by atoms with Crippen LogP contribution in [-0.4, -0.2) is 32.7 Å². The second kappa shape index (κ2) is 9.85. The van der Waals surface area contributed by atoms with E-state index in [0.717, 1.165) is 59.8 Å². The predicted molar refractivity (Wildman–Crippen MR) is 143 cm³/mol. The van der Waals surface area contributed by atoms with Gasteiger partial charge in [-0.15, -0.1) is 11.3 Å². The van der Waals surface area contributed by atoms with Gasteiger partial charge in [-0.25, -0.2) is 9.78 Å². The Morgan fingerprint density at radius 3 is 2.75 bits per heavy atom. The number of carbonyl (C=O) groups excluding carboxylic acids is 2. The van der Waals surface area contributed by atoms with Gasteiger partial charge in [0.25, 0.3) is 5.91 Å². The number of esters is 1. The van der Waals surface area contributed by atoms with Crippen molar-refractivity contribution in [1.82, 2.24) is 14.8 Å². The number of benzene rings is 1. The Hall–Kier alpha value is -3.52. The van der Waals surface area contributed by atoms with Crippen molar-refractivity contribution >= 4 is 39.1 Å². The van der Waals surface area contributed by atoms with E-state index >= 15 is 0 Å². The zero-order valence-corrected chi connectivity index (χ0v) is 21.9. The fourth-order valence-corrected chi connectivity index (χ4v) is 5.89. The topological polar surface area (TPSA) is 86.1 Å². The molecule has 0 fully saturated rings. The third-order valence-corrected chi connectivity index (χ3v) is 8.16. The Morgan fingerprint density at radius 2 is 2.00 bits per heavy atom. The second-order valence-electron chi connectivity index (χ2n) is 9.33. The van der Waals surface area contributed by atoms with E-state index in [9.17, 15) is 9.59 Å². The molecule has 36 heavy (non-hydrogen) atoms. The molecular weight excluding hydrogens is 472 g/mol. The lowest BCUT2D eigenvalue weighted by atomic mass is 9.95. The lowest BCUT2D eigenvalue weighted by Gasteiger charge is -2.15. The van der Waals surface area contributed by atoms with Gasteiger partial charge in [0.1, 0.15) is 5.00 Å². The molecule has 186 valence electrons. The average molecular weight is 503 g/mol. The molecule has 4 aromatic rings. The molecule has 1 amide bonds. The van der Waals surface area contributed by atoms with Crippen molar-refractivity contribution < 1.29 is 14.3 Å². The maximum atomic E-state index is 13.8. The monoisotopic (exact) mass is 502 g/mol. The molecule has 7 nitrogen and oxygen atoms in total. The third kappa shape index (κ3) is 4.41. The van der Waals surface area contributed by atoms with E-state index in [1.165, 1.54) is 16.2 Å². The summed E-state index contributed by atoms with van der Waals surface area (Å²) in [4.78, 5) is 32.9. The number of para-hydroxylation sites is 1. The molecule has 1 aliphatic carbocycles. The minimum Gasteiger partial charge on any atom is -0.459 e. The van der Waals surface area contributed by atoms with Crippen LogP contribution >= 0.6 is 11.3 Å². The zero-order chi connectivity index (χ0) is 25.4. The summed E-state index contributed by atoms with van der Waals surface area (Å²) in [6, 6.07) is 9.42. The standard InChI is InChI=1S/C28H30N4O3S/c1-5-16(2)35-28(34)25-19-11-7-9-13-24(19)36-27(25)31-26(33)20-14-23(21-15-29-32(4)17(21)3)30-22-12-8-6-10-18(20)22/h6,8,10,12,14-16H,5,7,9,11,13H2,1-4H3,(H,31,33). The van der Waals surface area contributed by atoms with E-state index < -0.39 is 0 Å². The molecule has 1 unspecified atom stereocenters. The van der Waals surface area contributed by atoms with Crippen LogP contribution in [0.1, 0.15) is 70.0 Å². The fraction of sp³-hybridized carbons (Fsp3) is 0.357. The van der Waals surface area contributed by atoms with Crippen molar-refractivity contribution in [3.63, 3.8) is 0 Å². The normalized spacial score (nSPS) is 13.9. The lowest BCUT2D eigenvalue weighted by molar-refractivity contribution is 0.0335. The van der Waals surface area contributed by atoms with Crippen molar-refractivity contribution in [3.8, 4) is 11.3 Å². The van der Waals surface area contributed by atoms with Gasteiger partial charge in [0, 0.05) is 28.6 Å². The van der Waals surface area contributed by atoms with Crippen LogP contribution in [0.15, 0.2) is 36.5 Å². The van der Waals surface area contributed by atoms with Crippen molar-refractivity contribution in [2.45, 2.75) is 59.0 Å². The van der Waals surface area contributed by atoms with E-state index in [1.54, 1.807) is 10.9 Å². The van der Waals surface area contributed by atoms with Gasteiger partial charge >= 0.3 is 5.97 Å². The maximum absolute atomic E-state index is 13.8. The Kier molecular flexibility index (Phi) is 6.62. The van der Waals surface area contributed by atoms with Gasteiger partial charge in [-0.2, -0.15) is 5.10 Å². The van der Waals surface area contributed by atoms with Crippen molar-refractivity contribution in [2.24, 2.45) is 7.05 Å². The molecule has 3 heterocycles. The molecule has 0 spiro atoms. The Labute approximate surface area is 214 Å². The molecule has 0 aliphatic heterocycles. The molecule has 5 rings (SSSR count). The molecule has 0 saturated heterocycles. The fourth-order valence-electron chi connectivity index (χ4n) is 4.62. The van der Waals surface area contributed by atoms with Crippen LogP contribution in [0.4, 0.5) is 5.00 Å². The SMILES string of the molecule is CCC(C)OC(=O)c1c(NC(=O)c2cc(-c3cnn(C)c3C)nc3ccccc23)sc2c1CCCC2. The van der Waals surface area contributed by atoms with Crippen molar-refractivity contribution in [3.05, 3.63) is 63.8 Å². The van der Waals surface area contributed by atoms with E-state index in [0.29, 0.717) is 21.8 Å². The van der Waals surface area contributed by atoms with Gasteiger partial charge in [-0.3, -0.25) is 9.48 Å². The number of ether oxygens (including phenoxy) is 1. The molecule has 1 N–H and O–H groups in total. The van der Waals surface area contributed by atoms with Crippen molar-refractivity contribution in [1.29, 1.82) is 0 Å². The van der Waals surface area contributed by atoms with E-state index in [4.69, 9.17) is 9.72 Å². The summed E-state index contributed by atoms with van der Waals surface area (Å²) >= 11 is 1.50. The van der Waals surface area contributed by atoms with Gasteiger partial charge in [-0.1, -0.05) is 25.1 Å². The minimum absolute atomic E-state index is 0.186. The maximum Gasteiger partial charge on any atom is 0.341 e. The van der Waals surface area contributed by atoms with Crippen LogP contribution in [0.3, 0.4) is 0 Å². The lowest BCUT2D eigenvalue weighted by Crippen LogP contribution is -2.19. The van der Waals surface area contributed by atoms with Crippen LogP contribution in [0.25, 0.3) is 22.2 Å². The molecule has 1 aliphatic rings. The van der Waals surface area contributed by atoms with Crippen LogP contribution in [-0.2, 0) is 24.6 Å². The zero-order valence-electron chi connectivity index (χ0n) is 21.1. The summed E-state index contributed by atoms with van der Waals surface area (Å²) in [6.45, 7) is 5.85. The van der Waals surface area contributed by atoms with E-state index in [2.05, 4.69) is 10.4 Å². The quantitative estimate of drug-likeness (QED) is 0.322. The van der Waals surface area contributed by atoms with Crippen molar-refractivity contribution in [2.75, 3.05) is 5.32 Å². The van der Waals surface area contributed by atoms with E-state index in [-0.39, 0.29) is 18.0 Å². The average Bonchev–Trinajstić information content (AvgIpc) is 3.42. The molecule has 1 aromatic carbocycles. The molecule has 8 heteroatoms. The largest absolute Gasteiger partial charge is 0.459 e. The highest BCUT2D eigenvalue weighted by Crippen LogP contribution is 2.39. The first kappa shape index (κ1) is 24.2. The third-order valence-electron chi connectivity index (χ3n) is 6.96. The number of anilines is 1. The van der Waals surface area contributed by atoms with Crippen LogP contribution in [0.5, 0.6) is 0 Å². The molecule has 1 atom stereocenters. The van der Waals surface area contributed by atoms with Gasteiger partial charge in [0.05, 0.1) is 34.6 Å². The number of thiophene rings is 1. The summed E-state index contributed by atoms with van der Waals surface area (Å²) in [5.41, 5.74) is 5.31. The molecule has 0 bridgehead atoms. The number of aryl methyl sites for hydroxylation is 2. The number of hydrogen-bond donors (Lipinski definition) is 1. The highest BCUT2D eigenvalue weighted by Gasteiger charge is 2.29. The smallest absolute Gasteiger partial charge is 0.341 e. The molecule has 0 radical (unpaired) electrons. The summed E-state index contributed by atoms with van der Waals surface area (Å²) < 4.78 is 7.49. The predicted octanol–water partition coefficient (Wildman–Crippen LogP) is 6.09. The van der Waals surface area contributed by atoms with Gasteiger partial charge < -0.3 is 10.1 Å². The minimum atomic E-state index is -0.356. The number of amides is 1. The molecule has 3 aromatic heterocycles. The summed E-state index contributed by atoms with van der Waals surface area (Å²) in [6.07, 6.45) is 6.18. The summed E-state index contributed by atoms with van der Waals surface area (Å²) in [5, 5.41) is 8.74. The number of aromatic nitrogens is 3. The number of nitrogens with one attached hydrogen (secondary N) is 1. The Balaban J connectivity index is 1.57. The number of rotatable bonds is 6. The summed E-state index contributed by atoms with van der Waals surface area (Å²) in [7, 11) is 1.88. The molecular formula is C28H30N4O3S. The van der Waals surface area contributed by atoms with Gasteiger partial charge in [-0.05, 0) is 63.6 Å². The molecule has 0 saturated carbocycles.